The summed E-state index contributed by atoms with van der Waals surface area (Å²) < 4.78 is 2.11. The van der Waals surface area contributed by atoms with Gasteiger partial charge in [-0.3, -0.25) is 4.68 Å². The van der Waals surface area contributed by atoms with Crippen molar-refractivity contribution in [2.75, 3.05) is 0 Å². The van der Waals surface area contributed by atoms with Gasteiger partial charge in [0.05, 0.1) is 11.7 Å². The van der Waals surface area contributed by atoms with Crippen molar-refractivity contribution in [3.63, 3.8) is 0 Å². The summed E-state index contributed by atoms with van der Waals surface area (Å²) in [4.78, 5) is 0. The van der Waals surface area contributed by atoms with E-state index in [2.05, 4.69) is 49.8 Å². The van der Waals surface area contributed by atoms with Crippen molar-refractivity contribution >= 4 is 0 Å². The van der Waals surface area contributed by atoms with E-state index < -0.39 is 0 Å². The molecular weight excluding hydrogens is 258 g/mol. The van der Waals surface area contributed by atoms with Crippen LogP contribution < -0.4 is 5.73 Å². The third-order valence-electron chi connectivity index (χ3n) is 4.31. The van der Waals surface area contributed by atoms with Crippen LogP contribution in [0.4, 0.5) is 0 Å². The highest BCUT2D eigenvalue weighted by molar-refractivity contribution is 5.19. The molecule has 0 aliphatic rings. The fraction of sp³-hybridized carbons (Fsp3) is 0.500. The summed E-state index contributed by atoms with van der Waals surface area (Å²) in [7, 11) is 0. The fourth-order valence-corrected chi connectivity index (χ4v) is 2.81. The van der Waals surface area contributed by atoms with Gasteiger partial charge in [0, 0.05) is 12.2 Å². The first-order valence-corrected chi connectivity index (χ1v) is 8.00. The average Bonchev–Trinajstić information content (AvgIpc) is 2.97. The van der Waals surface area contributed by atoms with E-state index in [-0.39, 0.29) is 6.04 Å². The van der Waals surface area contributed by atoms with Crippen molar-refractivity contribution < 1.29 is 0 Å². The van der Waals surface area contributed by atoms with Crippen molar-refractivity contribution in [2.24, 2.45) is 11.7 Å². The maximum absolute atomic E-state index is 6.37. The number of hydrogen-bond acceptors (Lipinski definition) is 2. The van der Waals surface area contributed by atoms with E-state index >= 15 is 0 Å². The maximum Gasteiger partial charge on any atom is 0.0628 e. The molecule has 0 spiro atoms. The number of aromatic nitrogens is 2. The van der Waals surface area contributed by atoms with Gasteiger partial charge in [0.15, 0.2) is 0 Å². The molecule has 2 N–H and O–H groups in total. The third-order valence-corrected chi connectivity index (χ3v) is 4.31. The third kappa shape index (κ3) is 3.94. The minimum atomic E-state index is 0.0597. The zero-order valence-electron chi connectivity index (χ0n) is 13.4. The highest BCUT2D eigenvalue weighted by atomic mass is 15.3. The molecule has 2 aromatic rings. The Labute approximate surface area is 128 Å². The highest BCUT2D eigenvalue weighted by Crippen LogP contribution is 2.23. The molecule has 0 fully saturated rings. The van der Waals surface area contributed by atoms with Gasteiger partial charge >= 0.3 is 0 Å². The summed E-state index contributed by atoms with van der Waals surface area (Å²) in [5.41, 5.74) is 8.71. The lowest BCUT2D eigenvalue weighted by Gasteiger charge is -2.19. The molecule has 0 radical (unpaired) electrons. The van der Waals surface area contributed by atoms with Gasteiger partial charge in [-0.15, -0.1) is 0 Å². The number of hydrogen-bond donors (Lipinski definition) is 1. The van der Waals surface area contributed by atoms with E-state index in [1.54, 1.807) is 0 Å². The molecule has 0 amide bonds. The van der Waals surface area contributed by atoms with E-state index in [1.165, 1.54) is 5.56 Å². The lowest BCUT2D eigenvalue weighted by Crippen LogP contribution is -2.21. The van der Waals surface area contributed by atoms with Crippen LogP contribution in [0.5, 0.6) is 0 Å². The van der Waals surface area contributed by atoms with Crippen LogP contribution in [0.3, 0.4) is 0 Å². The van der Waals surface area contributed by atoms with Crippen LogP contribution in [-0.4, -0.2) is 9.78 Å². The number of nitrogens with zero attached hydrogens (tertiary/aromatic N) is 2. The molecule has 0 saturated heterocycles. The first-order valence-electron chi connectivity index (χ1n) is 8.00. The molecule has 1 aromatic carbocycles. The molecule has 2 atom stereocenters. The molecule has 0 saturated carbocycles. The second-order valence-corrected chi connectivity index (χ2v) is 5.88. The Bertz CT molecular complexity index is 528. The Morgan fingerprint density at radius 2 is 1.76 bits per heavy atom. The Balaban J connectivity index is 2.01. The van der Waals surface area contributed by atoms with Gasteiger partial charge in [-0.05, 0) is 36.8 Å². The highest BCUT2D eigenvalue weighted by Gasteiger charge is 2.17. The predicted octanol–water partition coefficient (Wildman–Crippen LogP) is 4.12. The smallest absolute Gasteiger partial charge is 0.0628 e. The van der Waals surface area contributed by atoms with E-state index in [1.807, 2.05) is 18.2 Å². The average molecular weight is 285 g/mol. The minimum Gasteiger partial charge on any atom is -0.324 e. The van der Waals surface area contributed by atoms with Crippen LogP contribution in [0.2, 0.25) is 0 Å². The first-order chi connectivity index (χ1) is 10.2. The van der Waals surface area contributed by atoms with Gasteiger partial charge < -0.3 is 5.73 Å². The molecule has 0 bridgehead atoms. The molecule has 1 aromatic heterocycles. The second kappa shape index (κ2) is 7.41. The van der Waals surface area contributed by atoms with Crippen molar-refractivity contribution in [2.45, 2.75) is 52.1 Å². The van der Waals surface area contributed by atoms with Gasteiger partial charge in [0.1, 0.15) is 0 Å². The number of rotatable bonds is 7. The van der Waals surface area contributed by atoms with Gasteiger partial charge in [-0.1, -0.05) is 51.1 Å². The van der Waals surface area contributed by atoms with Gasteiger partial charge in [-0.25, -0.2) is 0 Å². The summed E-state index contributed by atoms with van der Waals surface area (Å²) in [5.74, 6) is 0.373. The van der Waals surface area contributed by atoms with Crippen LogP contribution in [-0.2, 0) is 6.42 Å². The quantitative estimate of drug-likeness (QED) is 0.831. The largest absolute Gasteiger partial charge is 0.324 e. The molecule has 3 nitrogen and oxygen atoms in total. The van der Waals surface area contributed by atoms with Crippen LogP contribution in [0.15, 0.2) is 42.6 Å². The molecule has 2 unspecified atom stereocenters. The maximum atomic E-state index is 6.37. The standard InChI is InChI=1S/C18H27N3/c1-4-17(5-2)21-12-11-16(20-21)13-14(3)18(19)15-9-7-6-8-10-15/h6-12,14,17-18H,4-5,13,19H2,1-3H3. The minimum absolute atomic E-state index is 0.0597. The summed E-state index contributed by atoms with van der Waals surface area (Å²) in [5, 5.41) is 4.73. The fourth-order valence-electron chi connectivity index (χ4n) is 2.81. The zero-order chi connectivity index (χ0) is 15.2. The van der Waals surface area contributed by atoms with E-state index in [0.29, 0.717) is 12.0 Å². The van der Waals surface area contributed by atoms with E-state index in [0.717, 1.165) is 25.0 Å². The number of nitrogens with two attached hydrogens (primary N) is 1. The molecule has 0 aliphatic heterocycles. The van der Waals surface area contributed by atoms with E-state index in [4.69, 9.17) is 10.8 Å². The summed E-state index contributed by atoms with van der Waals surface area (Å²) in [6, 6.07) is 13.0. The molecule has 2 rings (SSSR count). The Morgan fingerprint density at radius 1 is 1.10 bits per heavy atom. The zero-order valence-corrected chi connectivity index (χ0v) is 13.4. The molecule has 3 heteroatoms. The molecule has 21 heavy (non-hydrogen) atoms. The summed E-state index contributed by atoms with van der Waals surface area (Å²) in [6.45, 7) is 6.63. The van der Waals surface area contributed by atoms with Gasteiger partial charge in [-0.2, -0.15) is 5.10 Å². The van der Waals surface area contributed by atoms with Crippen LogP contribution in [0, 0.1) is 5.92 Å². The normalized spacial score (nSPS) is 14.3. The van der Waals surface area contributed by atoms with Gasteiger partial charge in [0.2, 0.25) is 0 Å². The summed E-state index contributed by atoms with van der Waals surface area (Å²) >= 11 is 0. The Hall–Kier alpha value is -1.61. The molecule has 114 valence electrons. The van der Waals surface area contributed by atoms with Gasteiger partial charge in [0.25, 0.3) is 0 Å². The predicted molar refractivity (Wildman–Crippen MR) is 88.1 cm³/mol. The van der Waals surface area contributed by atoms with Crippen molar-refractivity contribution in [3.05, 3.63) is 53.9 Å². The van der Waals surface area contributed by atoms with Crippen LogP contribution >= 0.6 is 0 Å². The lowest BCUT2D eigenvalue weighted by atomic mass is 9.92. The lowest BCUT2D eigenvalue weighted by molar-refractivity contribution is 0.416. The second-order valence-electron chi connectivity index (χ2n) is 5.88. The van der Waals surface area contributed by atoms with Crippen molar-refractivity contribution in [3.8, 4) is 0 Å². The first kappa shape index (κ1) is 15.8. The molecular formula is C18H27N3. The molecule has 1 heterocycles. The van der Waals surface area contributed by atoms with Crippen LogP contribution in [0.25, 0.3) is 0 Å². The van der Waals surface area contributed by atoms with Crippen molar-refractivity contribution in [1.82, 2.24) is 9.78 Å². The Kier molecular flexibility index (Phi) is 5.57. The summed E-state index contributed by atoms with van der Waals surface area (Å²) in [6.07, 6.45) is 5.27. The topological polar surface area (TPSA) is 43.8 Å². The SMILES string of the molecule is CCC(CC)n1ccc(CC(C)C(N)c2ccccc2)n1. The molecule has 0 aliphatic carbocycles. The monoisotopic (exact) mass is 285 g/mol. The van der Waals surface area contributed by atoms with Crippen molar-refractivity contribution in [1.29, 1.82) is 0 Å². The van der Waals surface area contributed by atoms with Crippen LogP contribution in [0.1, 0.15) is 57.0 Å². The Morgan fingerprint density at radius 3 is 2.38 bits per heavy atom. The van der Waals surface area contributed by atoms with E-state index in [9.17, 15) is 0 Å². The number of benzene rings is 1.